The molecule has 1 heterocycles. The highest BCUT2D eigenvalue weighted by molar-refractivity contribution is 7.70. The van der Waals surface area contributed by atoms with Gasteiger partial charge in [0.05, 0.1) is 11.2 Å². The van der Waals surface area contributed by atoms with Crippen LogP contribution in [0.3, 0.4) is 0 Å². The van der Waals surface area contributed by atoms with Crippen molar-refractivity contribution in [3.05, 3.63) is 72.2 Å². The first-order valence-electron chi connectivity index (χ1n) is 10.6. The number of carbonyl (C=O) groups excluding carboxylic acids is 2. The van der Waals surface area contributed by atoms with Crippen LogP contribution in [0.5, 0.6) is 0 Å². The number of thiol groups is 1. The van der Waals surface area contributed by atoms with Crippen LogP contribution in [0, 0.1) is 5.82 Å². The molecule has 3 N–H and O–H groups in total. The zero-order valence-corrected chi connectivity index (χ0v) is 19.1. The number of hydrogen-bond donors (Lipinski definition) is 4. The number of aromatic nitrogens is 1. The summed E-state index contributed by atoms with van der Waals surface area (Å²) < 4.78 is 41.8. The van der Waals surface area contributed by atoms with E-state index in [2.05, 4.69) is 20.3 Å². The van der Waals surface area contributed by atoms with Crippen molar-refractivity contribution in [3.63, 3.8) is 0 Å². The van der Waals surface area contributed by atoms with Crippen molar-refractivity contribution in [2.24, 2.45) is 0 Å². The van der Waals surface area contributed by atoms with E-state index in [1.807, 2.05) is 12.1 Å². The molecule has 2 aromatic carbocycles. The maximum absolute atomic E-state index is 13.0. The molecule has 11 heteroatoms. The van der Waals surface area contributed by atoms with Crippen LogP contribution in [-0.4, -0.2) is 38.0 Å². The van der Waals surface area contributed by atoms with Crippen molar-refractivity contribution in [3.8, 4) is 0 Å². The van der Waals surface area contributed by atoms with Gasteiger partial charge in [0, 0.05) is 18.1 Å². The fourth-order valence-corrected chi connectivity index (χ4v) is 3.59. The number of anilines is 1. The van der Waals surface area contributed by atoms with Gasteiger partial charge < -0.3 is 15.4 Å². The molecular weight excluding hydrogens is 463 g/mol. The lowest BCUT2D eigenvalue weighted by molar-refractivity contribution is -0.118. The van der Waals surface area contributed by atoms with Gasteiger partial charge in [-0.1, -0.05) is 30.3 Å². The first kappa shape index (κ1) is 25.1. The summed E-state index contributed by atoms with van der Waals surface area (Å²) in [6.07, 6.45) is 2.03. The minimum Gasteiger partial charge on any atom is -0.445 e. The van der Waals surface area contributed by atoms with Crippen LogP contribution in [0.4, 0.5) is 14.9 Å². The second kappa shape index (κ2) is 12.6. The topological polar surface area (TPSA) is 126 Å². The number of fused-ring (bicyclic) bond motifs is 1. The van der Waals surface area contributed by atoms with Crippen molar-refractivity contribution < 1.29 is 27.1 Å². The Bertz CT molecular complexity index is 1190. The second-order valence-corrected chi connectivity index (χ2v) is 8.26. The third-order valence-corrected chi connectivity index (χ3v) is 5.42. The van der Waals surface area contributed by atoms with Crippen LogP contribution in [0.25, 0.3) is 10.9 Å². The molecule has 0 spiro atoms. The molecule has 0 saturated heterocycles. The van der Waals surface area contributed by atoms with Gasteiger partial charge in [-0.3, -0.25) is 9.78 Å². The summed E-state index contributed by atoms with van der Waals surface area (Å²) in [4.78, 5) is 29.7. The maximum Gasteiger partial charge on any atom is 0.408 e. The molecular formula is C23H25FN4O5S. The van der Waals surface area contributed by atoms with Gasteiger partial charge in [-0.2, -0.15) is 0 Å². The first-order chi connectivity index (χ1) is 16.4. The molecule has 34 heavy (non-hydrogen) atoms. The number of halogens is 1. The lowest BCUT2D eigenvalue weighted by Crippen LogP contribution is -2.44. The standard InChI is InChI=1S/C23H25FN4O5S/c24-18-11-9-16(10-12-18)15-33-23(30)28-20(7-1-2-14-26-34(31)32)22(29)27-19-8-3-5-17-6-4-13-25-21(17)19/h3-6,8-13,20,34H,1-2,7,14-15H2,(H,27,29)(H,28,30)(H,26,31,32)/t20-/m0/s1. The number of benzene rings is 2. The number of ether oxygens (including phenoxy) is 1. The van der Waals surface area contributed by atoms with Crippen molar-refractivity contribution in [1.29, 1.82) is 0 Å². The Kier molecular flexibility index (Phi) is 9.30. The van der Waals surface area contributed by atoms with Crippen LogP contribution in [0.2, 0.25) is 0 Å². The molecule has 3 rings (SSSR count). The fraction of sp³-hybridized carbons (Fsp3) is 0.261. The number of rotatable bonds is 11. The number of hydrogen-bond acceptors (Lipinski definition) is 6. The molecule has 0 aliphatic heterocycles. The summed E-state index contributed by atoms with van der Waals surface area (Å²) in [6.45, 7) is 0.142. The maximum atomic E-state index is 13.0. The highest BCUT2D eigenvalue weighted by Gasteiger charge is 2.22. The van der Waals surface area contributed by atoms with Gasteiger partial charge >= 0.3 is 6.09 Å². The summed E-state index contributed by atoms with van der Waals surface area (Å²) in [7, 11) is -2.69. The summed E-state index contributed by atoms with van der Waals surface area (Å²) in [5.74, 6) is -0.858. The third kappa shape index (κ3) is 7.78. The van der Waals surface area contributed by atoms with Crippen LogP contribution in [0.1, 0.15) is 24.8 Å². The molecule has 180 valence electrons. The van der Waals surface area contributed by atoms with E-state index in [0.29, 0.717) is 29.6 Å². The Morgan fingerprint density at radius 2 is 1.79 bits per heavy atom. The highest BCUT2D eigenvalue weighted by atomic mass is 32.2. The van der Waals surface area contributed by atoms with Gasteiger partial charge in [0.2, 0.25) is 16.8 Å². The zero-order valence-electron chi connectivity index (χ0n) is 18.2. The van der Waals surface area contributed by atoms with Crippen LogP contribution in [0.15, 0.2) is 60.8 Å². The number of alkyl carbamates (subject to hydrolysis) is 1. The van der Waals surface area contributed by atoms with Crippen LogP contribution >= 0.6 is 0 Å². The van der Waals surface area contributed by atoms with E-state index >= 15 is 0 Å². The number of pyridine rings is 1. The van der Waals surface area contributed by atoms with Crippen molar-refractivity contribution >= 4 is 39.5 Å². The Labute approximate surface area is 197 Å². The van der Waals surface area contributed by atoms with Crippen molar-refractivity contribution in [2.45, 2.75) is 31.9 Å². The van der Waals surface area contributed by atoms with Gasteiger partial charge in [-0.15, -0.1) is 0 Å². The lowest BCUT2D eigenvalue weighted by Gasteiger charge is -2.19. The van der Waals surface area contributed by atoms with Crippen molar-refractivity contribution in [2.75, 3.05) is 11.9 Å². The van der Waals surface area contributed by atoms with Gasteiger partial charge in [0.25, 0.3) is 0 Å². The zero-order chi connectivity index (χ0) is 24.3. The molecule has 1 aromatic heterocycles. The summed E-state index contributed by atoms with van der Waals surface area (Å²) >= 11 is 0. The molecule has 3 aromatic rings. The van der Waals surface area contributed by atoms with Gasteiger partial charge in [0.1, 0.15) is 18.5 Å². The summed E-state index contributed by atoms with van der Waals surface area (Å²) in [6, 6.07) is 13.6. The largest absolute Gasteiger partial charge is 0.445 e. The number of nitrogens with one attached hydrogen (secondary N) is 3. The molecule has 9 nitrogen and oxygen atoms in total. The highest BCUT2D eigenvalue weighted by Crippen LogP contribution is 2.21. The van der Waals surface area contributed by atoms with E-state index in [0.717, 1.165) is 5.39 Å². The minimum atomic E-state index is -2.69. The van der Waals surface area contributed by atoms with E-state index in [4.69, 9.17) is 4.74 Å². The summed E-state index contributed by atoms with van der Waals surface area (Å²) in [5.41, 5.74) is 1.70. The van der Waals surface area contributed by atoms with E-state index in [9.17, 15) is 22.4 Å². The quantitative estimate of drug-likeness (QED) is 0.243. The molecule has 0 aliphatic rings. The predicted octanol–water partition coefficient (Wildman–Crippen LogP) is 2.89. The van der Waals surface area contributed by atoms with Gasteiger partial charge in [-0.05, 0) is 49.1 Å². The molecule has 0 unspecified atom stereocenters. The fourth-order valence-electron chi connectivity index (χ4n) is 3.25. The Balaban J connectivity index is 1.64. The molecule has 0 fully saturated rings. The Morgan fingerprint density at radius 1 is 1.03 bits per heavy atom. The van der Waals surface area contributed by atoms with Gasteiger partial charge in [0.15, 0.2) is 0 Å². The lowest BCUT2D eigenvalue weighted by atomic mass is 10.1. The Hall–Kier alpha value is -3.57. The van der Waals surface area contributed by atoms with Crippen LogP contribution in [-0.2, 0) is 27.0 Å². The number of nitrogens with zero attached hydrogens (tertiary/aromatic N) is 1. The number of carbonyl (C=O) groups is 2. The monoisotopic (exact) mass is 488 g/mol. The average molecular weight is 489 g/mol. The summed E-state index contributed by atoms with van der Waals surface area (Å²) in [5, 5.41) is 6.21. The molecule has 0 saturated carbocycles. The predicted molar refractivity (Wildman–Crippen MR) is 126 cm³/mol. The number of unbranched alkanes of at least 4 members (excludes halogenated alkanes) is 1. The Morgan fingerprint density at radius 3 is 2.56 bits per heavy atom. The molecule has 1 atom stereocenters. The normalized spacial score (nSPS) is 11.8. The first-order valence-corrected chi connectivity index (χ1v) is 11.8. The molecule has 0 radical (unpaired) electrons. The molecule has 2 amide bonds. The smallest absolute Gasteiger partial charge is 0.408 e. The van der Waals surface area contributed by atoms with Crippen molar-refractivity contribution in [1.82, 2.24) is 15.0 Å². The molecule has 0 aliphatic carbocycles. The van der Waals surface area contributed by atoms with E-state index in [1.54, 1.807) is 24.4 Å². The van der Waals surface area contributed by atoms with E-state index in [-0.39, 0.29) is 19.6 Å². The number of amides is 2. The van der Waals surface area contributed by atoms with E-state index in [1.165, 1.54) is 24.3 Å². The van der Waals surface area contributed by atoms with Gasteiger partial charge in [-0.25, -0.2) is 22.3 Å². The number of para-hydroxylation sites is 1. The second-order valence-electron chi connectivity index (χ2n) is 7.43. The minimum absolute atomic E-state index is 0.0891. The van der Waals surface area contributed by atoms with E-state index < -0.39 is 34.7 Å². The average Bonchev–Trinajstić information content (AvgIpc) is 2.82. The van der Waals surface area contributed by atoms with Crippen LogP contribution < -0.4 is 15.4 Å². The third-order valence-electron chi connectivity index (χ3n) is 4.94. The molecule has 0 bridgehead atoms. The SMILES string of the molecule is O=C(N[C@@H](CCCCN[SH](=O)=O)C(=O)Nc1cccc2cccnc12)OCc1ccc(F)cc1.